The molecule has 3 heterocycles. The standard InChI is InChI=1S/C32H50N2O8Si2/c1-29(2,3)43(30(4,5)6)38-20-22-24(41-44(42-43,31(7,8)9)32(10,11)12)25(40-27(36)21-16-14-13-15-17-21)26(39-22)34-19-18-23(35)33-28(34)37/h13-19,22,24-26H,20H2,1-12H3,(H,33,35,37)/t22-,24-,25-,26-/m1/s1. The van der Waals surface area contributed by atoms with E-state index in [2.05, 4.69) is 88.1 Å². The highest BCUT2D eigenvalue weighted by atomic mass is 28.5. The lowest BCUT2D eigenvalue weighted by molar-refractivity contribution is -0.0650. The van der Waals surface area contributed by atoms with Gasteiger partial charge in [-0.3, -0.25) is 14.3 Å². The summed E-state index contributed by atoms with van der Waals surface area (Å²) >= 11 is 0. The molecule has 4 atom stereocenters. The molecule has 0 radical (unpaired) electrons. The molecule has 4 rings (SSSR count). The molecule has 2 aliphatic heterocycles. The second kappa shape index (κ2) is 11.5. The van der Waals surface area contributed by atoms with Crippen LogP contribution in [0.1, 0.15) is 99.7 Å². The van der Waals surface area contributed by atoms with Crippen LogP contribution < -0.4 is 11.2 Å². The zero-order chi connectivity index (χ0) is 33.1. The third kappa shape index (κ3) is 5.96. The van der Waals surface area contributed by atoms with Crippen LogP contribution in [0.25, 0.3) is 0 Å². The number of carbonyl (C=O) groups excluding carboxylic acids is 1. The molecule has 0 unspecified atom stereocenters. The summed E-state index contributed by atoms with van der Waals surface area (Å²) < 4.78 is 36.2. The van der Waals surface area contributed by atoms with Crippen molar-refractivity contribution in [1.29, 1.82) is 0 Å². The molecule has 2 aromatic rings. The molecule has 10 nitrogen and oxygen atoms in total. The fourth-order valence-corrected chi connectivity index (χ4v) is 21.1. The molecular weight excluding hydrogens is 597 g/mol. The van der Waals surface area contributed by atoms with E-state index in [0.29, 0.717) is 5.56 Å². The number of fused-ring (bicyclic) bond motifs is 1. The first kappa shape index (κ1) is 34.5. The first-order chi connectivity index (χ1) is 20.0. The van der Waals surface area contributed by atoms with Crippen LogP contribution in [0.4, 0.5) is 0 Å². The number of esters is 1. The number of aromatic amines is 1. The summed E-state index contributed by atoms with van der Waals surface area (Å²) in [5, 5.41) is -1.65. The Kier molecular flexibility index (Phi) is 8.99. The number of nitrogens with one attached hydrogen (secondary N) is 1. The monoisotopic (exact) mass is 646 g/mol. The Labute approximate surface area is 262 Å². The third-order valence-corrected chi connectivity index (χ3v) is 20.0. The van der Waals surface area contributed by atoms with Crippen LogP contribution >= 0.6 is 0 Å². The normalized spacial score (nSPS) is 25.9. The maximum absolute atomic E-state index is 13.5. The van der Waals surface area contributed by atoms with Crippen molar-refractivity contribution in [3.63, 3.8) is 0 Å². The molecule has 1 aromatic carbocycles. The minimum absolute atomic E-state index is 0.109. The van der Waals surface area contributed by atoms with Gasteiger partial charge in [0.25, 0.3) is 5.56 Å². The molecule has 0 amide bonds. The van der Waals surface area contributed by atoms with E-state index in [-0.39, 0.29) is 16.7 Å². The predicted octanol–water partition coefficient (Wildman–Crippen LogP) is 6.18. The van der Waals surface area contributed by atoms with E-state index in [1.807, 2.05) is 6.07 Å². The van der Waals surface area contributed by atoms with E-state index in [1.165, 1.54) is 16.8 Å². The van der Waals surface area contributed by atoms with Crippen molar-refractivity contribution >= 4 is 23.1 Å². The molecule has 244 valence electrons. The van der Waals surface area contributed by atoms with E-state index in [4.69, 9.17) is 22.4 Å². The van der Waals surface area contributed by atoms with Crippen LogP contribution in [0.15, 0.2) is 52.2 Å². The predicted molar refractivity (Wildman–Crippen MR) is 173 cm³/mol. The molecule has 1 N–H and O–H groups in total. The van der Waals surface area contributed by atoms with Crippen molar-refractivity contribution in [2.75, 3.05) is 6.61 Å². The molecule has 2 aliphatic rings. The topological polar surface area (TPSA) is 118 Å². The second-order valence-corrected chi connectivity index (χ2v) is 25.9. The minimum atomic E-state index is -3.41. The summed E-state index contributed by atoms with van der Waals surface area (Å²) in [5.74, 6) is -0.582. The molecule has 44 heavy (non-hydrogen) atoms. The number of rotatable bonds is 3. The number of carbonyl (C=O) groups is 1. The lowest BCUT2D eigenvalue weighted by atomic mass is 10.1. The molecule has 1 aromatic heterocycles. The van der Waals surface area contributed by atoms with Gasteiger partial charge in [0.15, 0.2) is 12.3 Å². The molecule has 12 heteroatoms. The van der Waals surface area contributed by atoms with Gasteiger partial charge >= 0.3 is 28.8 Å². The van der Waals surface area contributed by atoms with Crippen molar-refractivity contribution in [3.05, 3.63) is 69.0 Å². The van der Waals surface area contributed by atoms with Crippen molar-refractivity contribution in [3.8, 4) is 0 Å². The van der Waals surface area contributed by atoms with Crippen LogP contribution in [0.5, 0.6) is 0 Å². The fourth-order valence-electron chi connectivity index (χ4n) is 7.02. The van der Waals surface area contributed by atoms with E-state index >= 15 is 0 Å². The Bertz CT molecular complexity index is 1430. The van der Waals surface area contributed by atoms with Crippen molar-refractivity contribution in [2.24, 2.45) is 0 Å². The smallest absolute Gasteiger partial charge is 0.341 e. The Morgan fingerprint density at radius 3 is 1.89 bits per heavy atom. The Morgan fingerprint density at radius 2 is 1.39 bits per heavy atom. The fraction of sp³-hybridized carbons (Fsp3) is 0.656. The van der Waals surface area contributed by atoms with Crippen LogP contribution in [0, 0.1) is 0 Å². The largest absolute Gasteiger partial charge is 0.451 e. The summed E-state index contributed by atoms with van der Waals surface area (Å²) in [6, 6.07) is 9.89. The van der Waals surface area contributed by atoms with Crippen molar-refractivity contribution < 1.29 is 27.2 Å². The quantitative estimate of drug-likeness (QED) is 0.311. The third-order valence-electron chi connectivity index (χ3n) is 8.65. The van der Waals surface area contributed by atoms with Gasteiger partial charge in [0.1, 0.15) is 12.2 Å². The first-order valence-corrected chi connectivity index (χ1v) is 18.9. The van der Waals surface area contributed by atoms with Gasteiger partial charge in [-0.1, -0.05) is 101 Å². The molecule has 2 fully saturated rings. The number of H-pyrrole nitrogens is 1. The van der Waals surface area contributed by atoms with Gasteiger partial charge in [0.05, 0.1) is 12.2 Å². The number of hydrogen-bond acceptors (Lipinski definition) is 8. The summed E-state index contributed by atoms with van der Waals surface area (Å²) in [6.07, 6.45) is -2.32. The van der Waals surface area contributed by atoms with Gasteiger partial charge in [-0.15, -0.1) is 0 Å². The zero-order valence-corrected chi connectivity index (χ0v) is 30.3. The Morgan fingerprint density at radius 1 is 0.841 bits per heavy atom. The van der Waals surface area contributed by atoms with Crippen molar-refractivity contribution in [2.45, 2.75) is 128 Å². The zero-order valence-electron chi connectivity index (χ0n) is 28.3. The summed E-state index contributed by atoms with van der Waals surface area (Å²) in [6.45, 7) is 25.9. The summed E-state index contributed by atoms with van der Waals surface area (Å²) in [5.41, 5.74) is -0.874. The maximum Gasteiger partial charge on any atom is 0.341 e. The number of benzene rings is 1. The molecule has 2 saturated heterocycles. The van der Waals surface area contributed by atoms with Gasteiger partial charge in [0, 0.05) is 32.4 Å². The van der Waals surface area contributed by atoms with E-state index in [0.717, 1.165) is 0 Å². The Hall–Kier alpha value is -2.36. The number of aromatic nitrogens is 2. The van der Waals surface area contributed by atoms with E-state index in [1.54, 1.807) is 24.3 Å². The van der Waals surface area contributed by atoms with E-state index < -0.39 is 69.0 Å². The van der Waals surface area contributed by atoms with Crippen LogP contribution in [0.2, 0.25) is 20.2 Å². The molecular formula is C32H50N2O8Si2. The summed E-state index contributed by atoms with van der Waals surface area (Å²) in [7, 11) is -6.59. The SMILES string of the molecule is CC(C)(C)[Si]1(C(C)(C)C)OC[C@H]2O[C@@H](n3ccc(=O)[nH]c3=O)[C@H](OC(=O)c3ccccc3)[C@@H]2O[Si](C(C)(C)C)(C(C)(C)C)O1. The van der Waals surface area contributed by atoms with Gasteiger partial charge in [-0.25, -0.2) is 9.59 Å². The van der Waals surface area contributed by atoms with Gasteiger partial charge < -0.3 is 22.4 Å². The Balaban J connectivity index is 1.96. The number of ether oxygens (including phenoxy) is 2. The second-order valence-electron chi connectivity index (χ2n) is 16.0. The highest BCUT2D eigenvalue weighted by molar-refractivity contribution is 6.86. The highest BCUT2D eigenvalue weighted by Gasteiger charge is 2.71. The molecule has 0 spiro atoms. The van der Waals surface area contributed by atoms with E-state index in [9.17, 15) is 14.4 Å². The van der Waals surface area contributed by atoms with Gasteiger partial charge in [-0.2, -0.15) is 0 Å². The summed E-state index contributed by atoms with van der Waals surface area (Å²) in [4.78, 5) is 40.9. The lowest BCUT2D eigenvalue weighted by Crippen LogP contribution is -2.72. The average molecular weight is 647 g/mol. The number of hydrogen-bond donors (Lipinski definition) is 1. The lowest BCUT2D eigenvalue weighted by Gasteiger charge is -2.60. The van der Waals surface area contributed by atoms with Crippen LogP contribution in [-0.4, -0.2) is 57.6 Å². The number of nitrogens with zero attached hydrogens (tertiary/aromatic N) is 1. The van der Waals surface area contributed by atoms with Crippen LogP contribution in [0.3, 0.4) is 0 Å². The van der Waals surface area contributed by atoms with Gasteiger partial charge in [0.2, 0.25) is 0 Å². The molecule has 0 aliphatic carbocycles. The molecule has 0 bridgehead atoms. The maximum atomic E-state index is 13.5. The van der Waals surface area contributed by atoms with Crippen LogP contribution in [-0.2, 0) is 22.4 Å². The van der Waals surface area contributed by atoms with Gasteiger partial charge in [-0.05, 0) is 12.1 Å². The molecule has 0 saturated carbocycles. The highest BCUT2D eigenvalue weighted by Crippen LogP contribution is 2.62. The average Bonchev–Trinajstić information content (AvgIpc) is 3.17. The first-order valence-electron chi connectivity index (χ1n) is 15.3. The minimum Gasteiger partial charge on any atom is -0.451 e. The van der Waals surface area contributed by atoms with Crippen molar-refractivity contribution in [1.82, 2.24) is 9.55 Å².